The molecule has 1 aliphatic heterocycles. The molecule has 1 saturated heterocycles. The number of amides is 1. The molecule has 0 N–H and O–H groups in total. The molecule has 0 radical (unpaired) electrons. The van der Waals surface area contributed by atoms with Crippen LogP contribution in [-0.4, -0.2) is 35.5 Å². The van der Waals surface area contributed by atoms with E-state index in [0.717, 1.165) is 18.4 Å². The first-order chi connectivity index (χ1) is 12.0. The zero-order valence-corrected chi connectivity index (χ0v) is 17.2. The summed E-state index contributed by atoms with van der Waals surface area (Å²) in [4.78, 5) is 27.1. The quantitative estimate of drug-likeness (QED) is 0.700. The molecular formula is C20H25Cl2NO3. The molecule has 0 unspecified atom stereocenters. The fourth-order valence-corrected chi connectivity index (χ4v) is 4.63. The second-order valence-corrected chi connectivity index (χ2v) is 9.21. The van der Waals surface area contributed by atoms with Crippen molar-refractivity contribution in [3.63, 3.8) is 0 Å². The van der Waals surface area contributed by atoms with E-state index in [2.05, 4.69) is 0 Å². The highest BCUT2D eigenvalue weighted by atomic mass is 35.5. The molecule has 2 fully saturated rings. The number of likely N-dealkylation sites (tertiary alicyclic amines) is 1. The van der Waals surface area contributed by atoms with E-state index in [1.54, 1.807) is 11.0 Å². The monoisotopic (exact) mass is 397 g/mol. The zero-order valence-electron chi connectivity index (χ0n) is 15.7. The van der Waals surface area contributed by atoms with Gasteiger partial charge in [-0.15, -0.1) is 0 Å². The van der Waals surface area contributed by atoms with Crippen LogP contribution in [0.5, 0.6) is 0 Å². The van der Waals surface area contributed by atoms with Crippen LogP contribution >= 0.6 is 23.2 Å². The predicted molar refractivity (Wildman–Crippen MR) is 103 cm³/mol. The lowest BCUT2D eigenvalue weighted by molar-refractivity contribution is -0.126. The van der Waals surface area contributed by atoms with Crippen molar-refractivity contribution in [1.82, 2.24) is 4.90 Å². The Morgan fingerprint density at radius 1 is 1.23 bits per heavy atom. The third-order valence-electron chi connectivity index (χ3n) is 5.64. The topological polar surface area (TPSA) is 46.6 Å². The second kappa shape index (κ2) is 6.42. The molecule has 1 heterocycles. The predicted octanol–water partition coefficient (Wildman–Crippen LogP) is 5.24. The SMILES string of the molecule is CCC(=O)[C@]12CN(C(=O)OC(C)(C)C)CC[C@@]1(c1ccc(Cl)c(Cl)c1)C2. The van der Waals surface area contributed by atoms with Crippen LogP contribution in [0.2, 0.25) is 10.0 Å². The van der Waals surface area contributed by atoms with Gasteiger partial charge in [0.15, 0.2) is 0 Å². The normalized spacial score (nSPS) is 27.7. The van der Waals surface area contributed by atoms with Crippen LogP contribution in [0.15, 0.2) is 18.2 Å². The van der Waals surface area contributed by atoms with Crippen molar-refractivity contribution in [2.24, 2.45) is 5.41 Å². The number of ketones is 1. The van der Waals surface area contributed by atoms with Crippen LogP contribution < -0.4 is 0 Å². The first-order valence-electron chi connectivity index (χ1n) is 9.01. The van der Waals surface area contributed by atoms with E-state index in [-0.39, 0.29) is 17.3 Å². The van der Waals surface area contributed by atoms with Crippen LogP contribution in [0, 0.1) is 5.41 Å². The number of benzene rings is 1. The van der Waals surface area contributed by atoms with Gasteiger partial charge in [0.25, 0.3) is 0 Å². The number of hydrogen-bond acceptors (Lipinski definition) is 3. The molecule has 0 spiro atoms. The summed E-state index contributed by atoms with van der Waals surface area (Å²) >= 11 is 12.3. The molecule has 26 heavy (non-hydrogen) atoms. The maximum absolute atomic E-state index is 12.9. The minimum absolute atomic E-state index is 0.192. The number of nitrogens with zero attached hydrogens (tertiary/aromatic N) is 1. The molecule has 3 rings (SSSR count). The van der Waals surface area contributed by atoms with E-state index in [1.807, 2.05) is 39.8 Å². The van der Waals surface area contributed by atoms with E-state index in [9.17, 15) is 9.59 Å². The van der Waals surface area contributed by atoms with E-state index < -0.39 is 11.0 Å². The van der Waals surface area contributed by atoms with Gasteiger partial charge < -0.3 is 9.64 Å². The largest absolute Gasteiger partial charge is 0.444 e. The molecule has 4 nitrogen and oxygen atoms in total. The summed E-state index contributed by atoms with van der Waals surface area (Å²) in [6.07, 6.45) is 1.56. The maximum Gasteiger partial charge on any atom is 0.410 e. The van der Waals surface area contributed by atoms with Gasteiger partial charge in [0, 0.05) is 24.9 Å². The number of carbonyl (C=O) groups excluding carboxylic acids is 2. The lowest BCUT2D eigenvalue weighted by atomic mass is 9.77. The number of fused-ring (bicyclic) bond motifs is 1. The summed E-state index contributed by atoms with van der Waals surface area (Å²) in [6, 6.07) is 5.62. The molecule has 6 heteroatoms. The number of carbonyl (C=O) groups is 2. The summed E-state index contributed by atoms with van der Waals surface area (Å²) < 4.78 is 5.51. The fraction of sp³-hybridized carbons (Fsp3) is 0.600. The Morgan fingerprint density at radius 3 is 2.50 bits per heavy atom. The van der Waals surface area contributed by atoms with Crippen molar-refractivity contribution in [3.05, 3.63) is 33.8 Å². The van der Waals surface area contributed by atoms with Crippen molar-refractivity contribution in [2.45, 2.75) is 58.0 Å². The molecule has 0 aromatic heterocycles. The van der Waals surface area contributed by atoms with Crippen molar-refractivity contribution in [3.8, 4) is 0 Å². The van der Waals surface area contributed by atoms with E-state index in [1.165, 1.54) is 0 Å². The number of ether oxygens (including phenoxy) is 1. The Hall–Kier alpha value is -1.26. The molecule has 1 aromatic rings. The van der Waals surface area contributed by atoms with Crippen LogP contribution in [-0.2, 0) is 14.9 Å². The first-order valence-corrected chi connectivity index (χ1v) is 9.77. The molecule has 2 aliphatic rings. The molecule has 2 atom stereocenters. The van der Waals surface area contributed by atoms with Crippen LogP contribution in [0.3, 0.4) is 0 Å². The summed E-state index contributed by atoms with van der Waals surface area (Å²) in [7, 11) is 0. The van der Waals surface area contributed by atoms with E-state index in [4.69, 9.17) is 27.9 Å². The summed E-state index contributed by atoms with van der Waals surface area (Å²) in [5, 5.41) is 1.00. The van der Waals surface area contributed by atoms with Crippen molar-refractivity contribution in [2.75, 3.05) is 13.1 Å². The molecule has 1 saturated carbocycles. The maximum atomic E-state index is 12.9. The third-order valence-corrected chi connectivity index (χ3v) is 6.38. The van der Waals surface area contributed by atoms with Gasteiger partial charge in [0.2, 0.25) is 0 Å². The van der Waals surface area contributed by atoms with Crippen LogP contribution in [0.4, 0.5) is 4.79 Å². The third kappa shape index (κ3) is 3.11. The van der Waals surface area contributed by atoms with Crippen LogP contribution in [0.1, 0.15) is 52.5 Å². The Morgan fingerprint density at radius 2 is 1.92 bits per heavy atom. The summed E-state index contributed by atoms with van der Waals surface area (Å²) in [5.74, 6) is 0.192. The molecule has 0 bridgehead atoms. The van der Waals surface area contributed by atoms with Crippen molar-refractivity contribution >= 4 is 35.1 Å². The number of halogens is 2. The van der Waals surface area contributed by atoms with E-state index in [0.29, 0.717) is 29.6 Å². The molecule has 1 aliphatic carbocycles. The average molecular weight is 398 g/mol. The molecule has 1 amide bonds. The minimum atomic E-state index is -0.555. The molecular weight excluding hydrogens is 373 g/mol. The second-order valence-electron chi connectivity index (χ2n) is 8.40. The number of rotatable bonds is 3. The van der Waals surface area contributed by atoms with Gasteiger partial charge in [-0.3, -0.25) is 4.79 Å². The van der Waals surface area contributed by atoms with Crippen LogP contribution in [0.25, 0.3) is 0 Å². The summed E-state index contributed by atoms with van der Waals surface area (Å²) in [6.45, 7) is 8.38. The Labute approximate surface area is 164 Å². The number of Topliss-reactive ketones (excluding diaryl/α,β-unsaturated/α-hetero) is 1. The zero-order chi connectivity index (χ0) is 19.3. The lowest BCUT2D eigenvalue weighted by Crippen LogP contribution is -2.49. The average Bonchev–Trinajstić information content (AvgIpc) is 3.26. The Balaban J connectivity index is 1.90. The van der Waals surface area contributed by atoms with Gasteiger partial charge in [-0.25, -0.2) is 4.79 Å². The van der Waals surface area contributed by atoms with Gasteiger partial charge in [0.1, 0.15) is 11.4 Å². The van der Waals surface area contributed by atoms with Crippen molar-refractivity contribution < 1.29 is 14.3 Å². The summed E-state index contributed by atoms with van der Waals surface area (Å²) in [5.41, 5.74) is -0.320. The molecule has 1 aromatic carbocycles. The fourth-order valence-electron chi connectivity index (χ4n) is 4.33. The van der Waals surface area contributed by atoms with Gasteiger partial charge >= 0.3 is 6.09 Å². The van der Waals surface area contributed by atoms with Gasteiger partial charge in [-0.05, 0) is 51.3 Å². The highest BCUT2D eigenvalue weighted by Crippen LogP contribution is 2.69. The lowest BCUT2D eigenvalue weighted by Gasteiger charge is -2.38. The van der Waals surface area contributed by atoms with Gasteiger partial charge in [-0.1, -0.05) is 36.2 Å². The smallest absolute Gasteiger partial charge is 0.410 e. The van der Waals surface area contributed by atoms with Gasteiger partial charge in [0.05, 0.1) is 15.5 Å². The number of piperidine rings is 1. The minimum Gasteiger partial charge on any atom is -0.444 e. The Kier molecular flexibility index (Phi) is 4.81. The van der Waals surface area contributed by atoms with Crippen molar-refractivity contribution in [1.29, 1.82) is 0 Å². The Bertz CT molecular complexity index is 758. The standard InChI is InChI=1S/C20H25Cl2NO3/c1-5-16(24)20-11-19(20,13-6-7-14(21)15(22)10-13)8-9-23(12-20)17(25)26-18(2,3)4/h6-7,10H,5,8-9,11-12H2,1-4H3/t19-,20-/m0/s1. The highest BCUT2D eigenvalue weighted by Gasteiger charge is 2.73. The van der Waals surface area contributed by atoms with Gasteiger partial charge in [-0.2, -0.15) is 0 Å². The molecule has 142 valence electrons. The first kappa shape index (κ1) is 19.5. The number of hydrogen-bond donors (Lipinski definition) is 0. The van der Waals surface area contributed by atoms with E-state index >= 15 is 0 Å². The highest BCUT2D eigenvalue weighted by molar-refractivity contribution is 6.42.